The number of rotatable bonds is 4. The van der Waals surface area contributed by atoms with Crippen molar-refractivity contribution < 1.29 is 0 Å². The topological polar surface area (TPSA) is 43.8 Å². The molecule has 2 rings (SSSR count). The first kappa shape index (κ1) is 13.0. The second-order valence-electron chi connectivity index (χ2n) is 4.71. The summed E-state index contributed by atoms with van der Waals surface area (Å²) in [4.78, 5) is 1.07. The molecule has 0 aliphatic heterocycles. The van der Waals surface area contributed by atoms with Crippen molar-refractivity contribution in [3.63, 3.8) is 0 Å². The van der Waals surface area contributed by atoms with Crippen molar-refractivity contribution >= 4 is 17.6 Å². The van der Waals surface area contributed by atoms with Crippen LogP contribution in [0.2, 0.25) is 0 Å². The Morgan fingerprint density at radius 2 is 2.17 bits per heavy atom. The van der Waals surface area contributed by atoms with Crippen LogP contribution >= 0.6 is 11.8 Å². The molecule has 1 aromatic carbocycles. The van der Waals surface area contributed by atoms with E-state index in [1.165, 1.54) is 11.1 Å². The predicted molar refractivity (Wildman–Crippen MR) is 77.9 cm³/mol. The van der Waals surface area contributed by atoms with Crippen molar-refractivity contribution in [2.75, 3.05) is 5.73 Å². The Morgan fingerprint density at radius 3 is 2.83 bits per heavy atom. The molecule has 0 atom stereocenters. The summed E-state index contributed by atoms with van der Waals surface area (Å²) >= 11 is 1.75. The molecular formula is C14H19N3S. The summed E-state index contributed by atoms with van der Waals surface area (Å²) < 4.78 is 1.86. The second-order valence-corrected chi connectivity index (χ2v) is 6.33. The highest BCUT2D eigenvalue weighted by Gasteiger charge is 2.09. The number of aromatic nitrogens is 2. The largest absolute Gasteiger partial charge is 0.383 e. The lowest BCUT2D eigenvalue weighted by atomic mass is 10.1. The van der Waals surface area contributed by atoms with Crippen molar-refractivity contribution in [3.05, 3.63) is 41.6 Å². The molecule has 2 aromatic rings. The minimum Gasteiger partial charge on any atom is -0.383 e. The standard InChI is InChI=1S/C14H19N3S/c1-10(2)18-13-8-16-17(14(13)15)9-12-6-4-5-11(3)7-12/h4-8,10H,9,15H2,1-3H3. The van der Waals surface area contributed by atoms with Crippen LogP contribution in [-0.4, -0.2) is 15.0 Å². The Morgan fingerprint density at radius 1 is 1.39 bits per heavy atom. The van der Waals surface area contributed by atoms with Crippen molar-refractivity contribution in [1.29, 1.82) is 0 Å². The van der Waals surface area contributed by atoms with Gasteiger partial charge in [0.05, 0.1) is 17.6 Å². The summed E-state index contributed by atoms with van der Waals surface area (Å²) in [5.74, 6) is 0.759. The first-order chi connectivity index (χ1) is 8.56. The second kappa shape index (κ2) is 5.48. The highest BCUT2D eigenvalue weighted by atomic mass is 32.2. The summed E-state index contributed by atoms with van der Waals surface area (Å²) in [6, 6.07) is 8.42. The van der Waals surface area contributed by atoms with E-state index in [0.717, 1.165) is 17.3 Å². The van der Waals surface area contributed by atoms with Gasteiger partial charge in [-0.3, -0.25) is 0 Å². The van der Waals surface area contributed by atoms with Gasteiger partial charge in [-0.05, 0) is 12.5 Å². The molecule has 2 N–H and O–H groups in total. The average Bonchev–Trinajstić information content (AvgIpc) is 2.61. The highest BCUT2D eigenvalue weighted by Crippen LogP contribution is 2.28. The summed E-state index contributed by atoms with van der Waals surface area (Å²) in [6.07, 6.45) is 1.86. The summed E-state index contributed by atoms with van der Waals surface area (Å²) in [6.45, 7) is 7.13. The molecule has 0 saturated carbocycles. The third kappa shape index (κ3) is 3.07. The average molecular weight is 261 g/mol. The number of nitrogen functional groups attached to an aromatic ring is 1. The summed E-state index contributed by atoms with van der Waals surface area (Å²) in [5.41, 5.74) is 8.60. The molecule has 0 unspecified atom stereocenters. The number of nitrogens with zero attached hydrogens (tertiary/aromatic N) is 2. The zero-order chi connectivity index (χ0) is 13.1. The van der Waals surface area contributed by atoms with Crippen LogP contribution < -0.4 is 5.73 Å². The minimum absolute atomic E-state index is 0.518. The number of thioether (sulfide) groups is 1. The maximum atomic E-state index is 6.12. The molecule has 4 heteroatoms. The van der Waals surface area contributed by atoms with E-state index in [1.54, 1.807) is 11.8 Å². The number of hydrogen-bond acceptors (Lipinski definition) is 3. The molecule has 0 bridgehead atoms. The van der Waals surface area contributed by atoms with Crippen LogP contribution in [0.15, 0.2) is 35.4 Å². The maximum Gasteiger partial charge on any atom is 0.135 e. The fraction of sp³-hybridized carbons (Fsp3) is 0.357. The van der Waals surface area contributed by atoms with Crippen molar-refractivity contribution in [2.45, 2.75) is 37.5 Å². The van der Waals surface area contributed by atoms with Crippen LogP contribution in [0.5, 0.6) is 0 Å². The molecule has 0 fully saturated rings. The van der Waals surface area contributed by atoms with Gasteiger partial charge >= 0.3 is 0 Å². The lowest BCUT2D eigenvalue weighted by molar-refractivity contribution is 0.696. The third-order valence-electron chi connectivity index (χ3n) is 2.62. The SMILES string of the molecule is Cc1cccc(Cn2ncc(SC(C)C)c2N)c1. The van der Waals surface area contributed by atoms with E-state index in [9.17, 15) is 0 Å². The molecule has 0 saturated heterocycles. The van der Waals surface area contributed by atoms with E-state index in [-0.39, 0.29) is 0 Å². The summed E-state index contributed by atoms with van der Waals surface area (Å²) in [7, 11) is 0. The molecule has 1 aromatic heterocycles. The highest BCUT2D eigenvalue weighted by molar-refractivity contribution is 8.00. The van der Waals surface area contributed by atoms with E-state index >= 15 is 0 Å². The normalized spacial score (nSPS) is 11.1. The van der Waals surface area contributed by atoms with Crippen LogP contribution in [0.1, 0.15) is 25.0 Å². The smallest absolute Gasteiger partial charge is 0.135 e. The number of aryl methyl sites for hydroxylation is 1. The van der Waals surface area contributed by atoms with Crippen LogP contribution in [0.3, 0.4) is 0 Å². The Bertz CT molecular complexity index is 532. The first-order valence-corrected chi connectivity index (χ1v) is 6.97. The molecule has 18 heavy (non-hydrogen) atoms. The molecule has 0 radical (unpaired) electrons. The fourth-order valence-electron chi connectivity index (χ4n) is 1.83. The molecule has 96 valence electrons. The van der Waals surface area contributed by atoms with Crippen LogP contribution in [-0.2, 0) is 6.54 Å². The first-order valence-electron chi connectivity index (χ1n) is 6.09. The Balaban J connectivity index is 2.17. The zero-order valence-corrected chi connectivity index (χ0v) is 11.9. The zero-order valence-electron chi connectivity index (χ0n) is 11.1. The molecule has 3 nitrogen and oxygen atoms in total. The van der Waals surface area contributed by atoms with Gasteiger partial charge in [-0.1, -0.05) is 43.7 Å². The molecule has 0 amide bonds. The number of hydrogen-bond donors (Lipinski definition) is 1. The van der Waals surface area contributed by atoms with E-state index in [2.05, 4.69) is 50.1 Å². The van der Waals surface area contributed by atoms with E-state index in [4.69, 9.17) is 5.73 Å². The van der Waals surface area contributed by atoms with E-state index < -0.39 is 0 Å². The number of nitrogens with two attached hydrogens (primary N) is 1. The van der Waals surface area contributed by atoms with Gasteiger partial charge in [0.2, 0.25) is 0 Å². The fourth-order valence-corrected chi connectivity index (χ4v) is 2.67. The van der Waals surface area contributed by atoms with Gasteiger partial charge in [-0.25, -0.2) is 4.68 Å². The number of anilines is 1. The van der Waals surface area contributed by atoms with Crippen molar-refractivity contribution in [3.8, 4) is 0 Å². The van der Waals surface area contributed by atoms with Gasteiger partial charge in [0.25, 0.3) is 0 Å². The monoisotopic (exact) mass is 261 g/mol. The van der Waals surface area contributed by atoms with Gasteiger partial charge in [0.1, 0.15) is 5.82 Å². The summed E-state index contributed by atoms with van der Waals surface area (Å²) in [5, 5.41) is 4.88. The quantitative estimate of drug-likeness (QED) is 0.859. The van der Waals surface area contributed by atoms with Crippen molar-refractivity contribution in [1.82, 2.24) is 9.78 Å². The van der Waals surface area contributed by atoms with Crippen LogP contribution in [0.4, 0.5) is 5.82 Å². The Kier molecular flexibility index (Phi) is 3.97. The number of benzene rings is 1. The van der Waals surface area contributed by atoms with Crippen molar-refractivity contribution in [2.24, 2.45) is 0 Å². The van der Waals surface area contributed by atoms with Crippen LogP contribution in [0.25, 0.3) is 0 Å². The molecule has 0 aliphatic rings. The van der Waals surface area contributed by atoms with E-state index in [1.807, 2.05) is 10.9 Å². The molecule has 1 heterocycles. The van der Waals surface area contributed by atoms with Crippen LogP contribution in [0, 0.1) is 6.92 Å². The lowest BCUT2D eigenvalue weighted by Crippen LogP contribution is -2.06. The third-order valence-corrected chi connectivity index (χ3v) is 3.66. The predicted octanol–water partition coefficient (Wildman–Crippen LogP) is 3.32. The van der Waals surface area contributed by atoms with Gasteiger partial charge < -0.3 is 5.73 Å². The molecule has 0 spiro atoms. The van der Waals surface area contributed by atoms with E-state index in [0.29, 0.717) is 5.25 Å². The maximum absolute atomic E-state index is 6.12. The minimum atomic E-state index is 0.518. The van der Waals surface area contributed by atoms with Gasteiger partial charge in [-0.2, -0.15) is 5.10 Å². The Hall–Kier alpha value is -1.42. The molecule has 0 aliphatic carbocycles. The van der Waals surface area contributed by atoms with Gasteiger partial charge in [0, 0.05) is 5.25 Å². The molecular weight excluding hydrogens is 242 g/mol. The Labute approximate surface area is 112 Å². The van der Waals surface area contributed by atoms with Gasteiger partial charge in [0.15, 0.2) is 0 Å². The lowest BCUT2D eigenvalue weighted by Gasteiger charge is -2.07. The van der Waals surface area contributed by atoms with Gasteiger partial charge in [-0.15, -0.1) is 11.8 Å².